The van der Waals surface area contributed by atoms with Gasteiger partial charge in [-0.3, -0.25) is 4.79 Å². The molecule has 0 radical (unpaired) electrons. The van der Waals surface area contributed by atoms with Crippen molar-refractivity contribution in [2.75, 3.05) is 0 Å². The van der Waals surface area contributed by atoms with E-state index in [1.54, 1.807) is 6.07 Å². The Bertz CT molecular complexity index is 685. The lowest BCUT2D eigenvalue weighted by Gasteiger charge is -2.09. The van der Waals surface area contributed by atoms with Crippen molar-refractivity contribution in [1.29, 1.82) is 0 Å². The molecule has 2 aromatic rings. The summed E-state index contributed by atoms with van der Waals surface area (Å²) in [6.45, 7) is 0. The third-order valence-electron chi connectivity index (χ3n) is 2.86. The molecular formula is C13H11NO4. The molecule has 1 aromatic carbocycles. The number of hydrogen-bond donors (Lipinski definition) is 2. The summed E-state index contributed by atoms with van der Waals surface area (Å²) in [5, 5.41) is 9.70. The maximum Gasteiger partial charge on any atom is 0.335 e. The van der Waals surface area contributed by atoms with E-state index >= 15 is 0 Å². The molecule has 0 spiro atoms. The number of carboxylic acid groups (broad SMARTS) is 1. The summed E-state index contributed by atoms with van der Waals surface area (Å²) in [6, 6.07) is 5.95. The van der Waals surface area contributed by atoms with Crippen molar-refractivity contribution in [3.05, 3.63) is 40.2 Å². The Labute approximate surface area is 102 Å². The second-order valence-corrected chi connectivity index (χ2v) is 4.38. The maximum absolute atomic E-state index is 11.3. The van der Waals surface area contributed by atoms with Crippen LogP contribution in [0.1, 0.15) is 23.2 Å². The van der Waals surface area contributed by atoms with Gasteiger partial charge in [-0.15, -0.1) is 0 Å². The number of pyridine rings is 1. The van der Waals surface area contributed by atoms with Crippen LogP contribution in [0.15, 0.2) is 29.1 Å². The van der Waals surface area contributed by atoms with Crippen molar-refractivity contribution in [1.82, 2.24) is 4.98 Å². The highest BCUT2D eigenvalue weighted by Crippen LogP contribution is 2.31. The lowest BCUT2D eigenvalue weighted by atomic mass is 10.1. The third kappa shape index (κ3) is 1.95. The Morgan fingerprint density at radius 1 is 1.33 bits per heavy atom. The number of hydrogen-bond acceptors (Lipinski definition) is 3. The van der Waals surface area contributed by atoms with Gasteiger partial charge < -0.3 is 14.8 Å². The Balaban J connectivity index is 2.22. The number of aromatic carboxylic acids is 1. The van der Waals surface area contributed by atoms with Crippen LogP contribution in [0.4, 0.5) is 0 Å². The minimum absolute atomic E-state index is 0.140. The van der Waals surface area contributed by atoms with Crippen molar-refractivity contribution >= 4 is 16.9 Å². The number of carboxylic acids is 1. The summed E-state index contributed by atoms with van der Waals surface area (Å²) in [6.07, 6.45) is 2.08. The third-order valence-corrected chi connectivity index (χ3v) is 2.86. The highest BCUT2D eigenvalue weighted by molar-refractivity contribution is 5.96. The number of H-pyrrole nitrogens is 1. The van der Waals surface area contributed by atoms with E-state index in [0.29, 0.717) is 16.7 Å². The second-order valence-electron chi connectivity index (χ2n) is 4.38. The molecule has 92 valence electrons. The number of carbonyl (C=O) groups is 1. The normalized spacial score (nSPS) is 14.7. The molecular weight excluding hydrogens is 234 g/mol. The van der Waals surface area contributed by atoms with Crippen LogP contribution in [-0.2, 0) is 0 Å². The van der Waals surface area contributed by atoms with Crippen LogP contribution in [-0.4, -0.2) is 22.2 Å². The van der Waals surface area contributed by atoms with Crippen LogP contribution in [0, 0.1) is 0 Å². The Hall–Kier alpha value is -2.30. The smallest absolute Gasteiger partial charge is 0.335 e. The minimum atomic E-state index is -1.01. The summed E-state index contributed by atoms with van der Waals surface area (Å²) in [5.74, 6) is -0.575. The molecule has 18 heavy (non-hydrogen) atoms. The van der Waals surface area contributed by atoms with Gasteiger partial charge in [-0.2, -0.15) is 0 Å². The zero-order valence-electron chi connectivity index (χ0n) is 9.47. The zero-order chi connectivity index (χ0) is 12.7. The molecule has 0 unspecified atom stereocenters. The molecule has 1 aliphatic rings. The Morgan fingerprint density at radius 3 is 2.78 bits per heavy atom. The monoisotopic (exact) mass is 245 g/mol. The highest BCUT2D eigenvalue weighted by atomic mass is 16.5. The fourth-order valence-electron chi connectivity index (χ4n) is 1.81. The standard InChI is InChI=1S/C13H11NO4/c15-11-4-1-7-5-8(13(16)17)6-10(12(7)14-11)18-9-2-3-9/h1,4-6,9H,2-3H2,(H,14,15)(H,16,17). The van der Waals surface area contributed by atoms with E-state index in [-0.39, 0.29) is 17.2 Å². The molecule has 0 atom stereocenters. The number of aromatic nitrogens is 1. The van der Waals surface area contributed by atoms with Gasteiger partial charge in [0.25, 0.3) is 0 Å². The van der Waals surface area contributed by atoms with E-state index in [1.807, 2.05) is 0 Å². The van der Waals surface area contributed by atoms with Crippen molar-refractivity contribution < 1.29 is 14.6 Å². The van der Waals surface area contributed by atoms with E-state index in [2.05, 4.69) is 4.98 Å². The molecule has 0 amide bonds. The molecule has 0 saturated heterocycles. The molecule has 1 heterocycles. The van der Waals surface area contributed by atoms with Crippen LogP contribution >= 0.6 is 0 Å². The fourth-order valence-corrected chi connectivity index (χ4v) is 1.81. The maximum atomic E-state index is 11.3. The van der Waals surface area contributed by atoms with Crippen LogP contribution in [0.25, 0.3) is 10.9 Å². The average Bonchev–Trinajstić information content (AvgIpc) is 3.13. The summed E-state index contributed by atoms with van der Waals surface area (Å²) in [7, 11) is 0. The molecule has 1 aliphatic carbocycles. The number of aromatic amines is 1. The molecule has 1 saturated carbocycles. The summed E-state index contributed by atoms with van der Waals surface area (Å²) >= 11 is 0. The number of fused-ring (bicyclic) bond motifs is 1. The number of rotatable bonds is 3. The molecule has 5 heteroatoms. The number of ether oxygens (including phenoxy) is 1. The van der Waals surface area contributed by atoms with E-state index in [9.17, 15) is 9.59 Å². The van der Waals surface area contributed by atoms with Crippen LogP contribution < -0.4 is 10.3 Å². The summed E-state index contributed by atoms with van der Waals surface area (Å²) in [4.78, 5) is 25.1. The van der Waals surface area contributed by atoms with Gasteiger partial charge in [0.15, 0.2) is 0 Å². The van der Waals surface area contributed by atoms with Crippen molar-refractivity contribution in [2.24, 2.45) is 0 Å². The first-order valence-corrected chi connectivity index (χ1v) is 5.70. The van der Waals surface area contributed by atoms with Crippen molar-refractivity contribution in [2.45, 2.75) is 18.9 Å². The Kier molecular flexibility index (Phi) is 2.33. The first-order chi connectivity index (χ1) is 8.63. The fraction of sp³-hybridized carbons (Fsp3) is 0.231. The topological polar surface area (TPSA) is 79.4 Å². The predicted octanol–water partition coefficient (Wildman–Crippen LogP) is 1.77. The van der Waals surface area contributed by atoms with Gasteiger partial charge in [0, 0.05) is 11.5 Å². The number of nitrogens with one attached hydrogen (secondary N) is 1. The van der Waals surface area contributed by atoms with Crippen molar-refractivity contribution in [3.63, 3.8) is 0 Å². The molecule has 1 aromatic heterocycles. The van der Waals surface area contributed by atoms with Gasteiger partial charge in [-0.1, -0.05) is 0 Å². The first-order valence-electron chi connectivity index (χ1n) is 5.70. The number of benzene rings is 1. The largest absolute Gasteiger partial charge is 0.488 e. The van der Waals surface area contributed by atoms with Gasteiger partial charge in [-0.05, 0) is 31.0 Å². The molecule has 5 nitrogen and oxygen atoms in total. The summed E-state index contributed by atoms with van der Waals surface area (Å²) in [5.41, 5.74) is 0.482. The second kappa shape index (κ2) is 3.87. The van der Waals surface area contributed by atoms with Crippen LogP contribution in [0.5, 0.6) is 5.75 Å². The van der Waals surface area contributed by atoms with E-state index in [1.165, 1.54) is 18.2 Å². The lowest BCUT2D eigenvalue weighted by molar-refractivity contribution is 0.0696. The molecule has 2 N–H and O–H groups in total. The highest BCUT2D eigenvalue weighted by Gasteiger charge is 2.25. The molecule has 1 fully saturated rings. The van der Waals surface area contributed by atoms with Gasteiger partial charge >= 0.3 is 5.97 Å². The van der Waals surface area contributed by atoms with E-state index in [4.69, 9.17) is 9.84 Å². The van der Waals surface area contributed by atoms with E-state index in [0.717, 1.165) is 12.8 Å². The zero-order valence-corrected chi connectivity index (χ0v) is 9.47. The summed E-state index contributed by atoms with van der Waals surface area (Å²) < 4.78 is 5.65. The quantitative estimate of drug-likeness (QED) is 0.863. The van der Waals surface area contributed by atoms with Crippen molar-refractivity contribution in [3.8, 4) is 5.75 Å². The lowest BCUT2D eigenvalue weighted by Crippen LogP contribution is -2.07. The van der Waals surface area contributed by atoms with E-state index < -0.39 is 5.97 Å². The van der Waals surface area contributed by atoms with Gasteiger partial charge in [0.1, 0.15) is 5.75 Å². The van der Waals surface area contributed by atoms with Crippen LogP contribution in [0.3, 0.4) is 0 Å². The predicted molar refractivity (Wildman–Crippen MR) is 65.2 cm³/mol. The average molecular weight is 245 g/mol. The first kappa shape index (κ1) is 10.8. The van der Waals surface area contributed by atoms with Gasteiger partial charge in [0.05, 0.1) is 17.2 Å². The SMILES string of the molecule is O=C(O)c1cc(OC2CC2)c2[nH]c(=O)ccc2c1. The minimum Gasteiger partial charge on any atom is -0.488 e. The Morgan fingerprint density at radius 2 is 2.11 bits per heavy atom. The van der Waals surface area contributed by atoms with Gasteiger partial charge in [-0.25, -0.2) is 4.79 Å². The van der Waals surface area contributed by atoms with Gasteiger partial charge in [0.2, 0.25) is 5.56 Å². The van der Waals surface area contributed by atoms with Crippen LogP contribution in [0.2, 0.25) is 0 Å². The molecule has 0 bridgehead atoms. The molecule has 3 rings (SSSR count). The molecule has 0 aliphatic heterocycles.